The quantitative estimate of drug-likeness (QED) is 0.563. The summed E-state index contributed by atoms with van der Waals surface area (Å²) in [6.45, 7) is 8.32. The molecule has 0 saturated carbocycles. The largest absolute Gasteiger partial charge is 0.393 e. The molecule has 0 atom stereocenters. The van der Waals surface area contributed by atoms with Gasteiger partial charge in [-0.05, 0) is 40.5 Å². The third-order valence-corrected chi connectivity index (χ3v) is 2.08. The smallest absolute Gasteiger partial charge is 0.0576 e. The minimum absolute atomic E-state index is 0.0405. The summed E-state index contributed by atoms with van der Waals surface area (Å²) < 4.78 is 0. The number of hydrogen-bond acceptors (Lipinski definition) is 1. The molecule has 11 heavy (non-hydrogen) atoms. The average Bonchev–Trinajstić information content (AvgIpc) is 1.49. The van der Waals surface area contributed by atoms with Crippen LogP contribution in [0, 0.1) is 0 Å². The molecule has 1 fully saturated rings. The number of nitrogens with zero attached hydrogens (tertiary/aromatic N) is 1. The lowest BCUT2D eigenvalue weighted by molar-refractivity contribution is 0.0361. The predicted octanol–water partition coefficient (Wildman–Crippen LogP) is 1.30. The van der Waals surface area contributed by atoms with E-state index in [0.29, 0.717) is 0 Å². The highest BCUT2D eigenvalue weighted by molar-refractivity contribution is 4.96. The normalized spacial score (nSPS) is 30.3. The van der Waals surface area contributed by atoms with E-state index in [1.54, 1.807) is 0 Å². The van der Waals surface area contributed by atoms with Crippen LogP contribution >= 0.6 is 0 Å². The van der Waals surface area contributed by atoms with E-state index in [0.717, 1.165) is 12.8 Å². The minimum Gasteiger partial charge on any atom is -0.393 e. The molecule has 2 heteroatoms. The molecule has 65 valence electrons. The zero-order chi connectivity index (χ0) is 8.70. The molecule has 1 rings (SSSR count). The van der Waals surface area contributed by atoms with Crippen LogP contribution in [-0.2, 0) is 0 Å². The molecule has 1 aliphatic rings. The summed E-state index contributed by atoms with van der Waals surface area (Å²) in [6, 6.07) is 0. The summed E-state index contributed by atoms with van der Waals surface area (Å²) in [6.07, 6.45) is 1.44. The second-order valence-corrected chi connectivity index (χ2v) is 4.80. The van der Waals surface area contributed by atoms with E-state index in [4.69, 9.17) is 0 Å². The molecule has 0 aliphatic carbocycles. The summed E-state index contributed by atoms with van der Waals surface area (Å²) in [5.74, 6) is 0. The molecule has 1 N–H and O–H groups in total. The number of piperidine rings is 1. The molecule has 0 unspecified atom stereocenters. The van der Waals surface area contributed by atoms with Gasteiger partial charge in [0.15, 0.2) is 0 Å². The van der Waals surface area contributed by atoms with Crippen molar-refractivity contribution in [1.29, 1.82) is 0 Å². The average molecular weight is 156 g/mol. The van der Waals surface area contributed by atoms with Crippen LogP contribution in [-0.4, -0.2) is 22.3 Å². The Hall–Kier alpha value is -0.0800. The van der Waals surface area contributed by atoms with E-state index in [-0.39, 0.29) is 17.2 Å². The predicted molar refractivity (Wildman–Crippen MR) is 45.5 cm³/mol. The summed E-state index contributed by atoms with van der Waals surface area (Å²) in [5, 5.41) is 14.2. The number of aliphatic hydroxyl groups excluding tert-OH is 1. The first-order valence-electron chi connectivity index (χ1n) is 4.23. The highest BCUT2D eigenvalue weighted by atomic mass is 16.3. The van der Waals surface area contributed by atoms with Gasteiger partial charge < -0.3 is 5.11 Å². The van der Waals surface area contributed by atoms with Crippen LogP contribution in [0.1, 0.15) is 40.5 Å². The van der Waals surface area contributed by atoms with Crippen molar-refractivity contribution in [1.82, 2.24) is 5.32 Å². The lowest BCUT2D eigenvalue weighted by Crippen LogP contribution is -2.54. The molecule has 0 aromatic carbocycles. The molecular weight excluding hydrogens is 138 g/mol. The topological polar surface area (TPSA) is 34.3 Å². The van der Waals surface area contributed by atoms with Gasteiger partial charge in [-0.3, -0.25) is 0 Å². The van der Waals surface area contributed by atoms with Gasteiger partial charge in [0, 0.05) is 11.1 Å². The van der Waals surface area contributed by atoms with Gasteiger partial charge in [-0.25, -0.2) is 5.32 Å². The van der Waals surface area contributed by atoms with Gasteiger partial charge in [-0.2, -0.15) is 0 Å². The van der Waals surface area contributed by atoms with Gasteiger partial charge in [0.25, 0.3) is 0 Å². The fourth-order valence-corrected chi connectivity index (χ4v) is 2.14. The molecule has 1 saturated heterocycles. The van der Waals surface area contributed by atoms with Crippen LogP contribution in [0.2, 0.25) is 0 Å². The second kappa shape index (κ2) is 2.46. The van der Waals surface area contributed by atoms with Crippen molar-refractivity contribution < 1.29 is 5.11 Å². The van der Waals surface area contributed by atoms with Gasteiger partial charge in [-0.15, -0.1) is 0 Å². The Morgan fingerprint density at radius 3 is 1.73 bits per heavy atom. The molecular formula is C9H18NO. The molecule has 0 amide bonds. The Bertz CT molecular complexity index is 136. The summed E-state index contributed by atoms with van der Waals surface area (Å²) in [4.78, 5) is 0. The fourth-order valence-electron chi connectivity index (χ4n) is 2.14. The minimum atomic E-state index is -0.169. The number of aliphatic hydroxyl groups is 1. The molecule has 1 radical (unpaired) electrons. The van der Waals surface area contributed by atoms with Gasteiger partial charge in [0.05, 0.1) is 6.10 Å². The first-order valence-corrected chi connectivity index (χ1v) is 4.23. The number of hydrogen-bond donors (Lipinski definition) is 1. The molecule has 1 heterocycles. The number of rotatable bonds is 0. The molecule has 0 aromatic heterocycles. The Labute approximate surface area is 69.0 Å². The first kappa shape index (κ1) is 9.01. The van der Waals surface area contributed by atoms with E-state index >= 15 is 0 Å². The molecule has 1 aliphatic heterocycles. The van der Waals surface area contributed by atoms with E-state index in [1.165, 1.54) is 0 Å². The maximum Gasteiger partial charge on any atom is 0.0576 e. The Kier molecular flexibility index (Phi) is 2.01. The van der Waals surface area contributed by atoms with E-state index < -0.39 is 0 Å². The zero-order valence-electron chi connectivity index (χ0n) is 7.89. The Balaban J connectivity index is 2.66. The zero-order valence-corrected chi connectivity index (χ0v) is 7.89. The van der Waals surface area contributed by atoms with Crippen LogP contribution in [0.15, 0.2) is 0 Å². The SMILES string of the molecule is CC1(C)CC(O)CC(C)(C)[N]1. The standard InChI is InChI=1S/C9H18NO/c1-8(2)5-7(11)6-9(3,4)10-8/h7,11H,5-6H2,1-4H3. The van der Waals surface area contributed by atoms with Crippen molar-refractivity contribution in [2.24, 2.45) is 0 Å². The molecule has 0 bridgehead atoms. The van der Waals surface area contributed by atoms with Crippen molar-refractivity contribution in [2.45, 2.75) is 57.7 Å². The van der Waals surface area contributed by atoms with Crippen molar-refractivity contribution in [3.8, 4) is 0 Å². The summed E-state index contributed by atoms with van der Waals surface area (Å²) in [7, 11) is 0. The lowest BCUT2D eigenvalue weighted by Gasteiger charge is -2.42. The molecule has 0 spiro atoms. The van der Waals surface area contributed by atoms with E-state index in [9.17, 15) is 5.11 Å². The van der Waals surface area contributed by atoms with Crippen LogP contribution in [0.4, 0.5) is 0 Å². The Morgan fingerprint density at radius 2 is 1.45 bits per heavy atom. The highest BCUT2D eigenvalue weighted by Gasteiger charge is 2.38. The van der Waals surface area contributed by atoms with Crippen LogP contribution < -0.4 is 5.32 Å². The van der Waals surface area contributed by atoms with E-state index in [1.807, 2.05) is 0 Å². The van der Waals surface area contributed by atoms with Crippen molar-refractivity contribution in [3.05, 3.63) is 0 Å². The monoisotopic (exact) mass is 156 g/mol. The third kappa shape index (κ3) is 2.46. The fraction of sp³-hybridized carbons (Fsp3) is 1.00. The maximum absolute atomic E-state index is 9.52. The third-order valence-electron chi connectivity index (χ3n) is 2.08. The summed E-state index contributed by atoms with van der Waals surface area (Å²) >= 11 is 0. The first-order chi connectivity index (χ1) is 4.81. The van der Waals surface area contributed by atoms with Gasteiger partial charge in [0.2, 0.25) is 0 Å². The van der Waals surface area contributed by atoms with Crippen LogP contribution in [0.3, 0.4) is 0 Å². The Morgan fingerprint density at radius 1 is 1.09 bits per heavy atom. The summed E-state index contributed by atoms with van der Waals surface area (Å²) in [5.41, 5.74) is -0.0810. The molecule has 0 aromatic rings. The van der Waals surface area contributed by atoms with E-state index in [2.05, 4.69) is 33.0 Å². The van der Waals surface area contributed by atoms with Crippen LogP contribution in [0.5, 0.6) is 0 Å². The van der Waals surface area contributed by atoms with Gasteiger partial charge in [-0.1, -0.05) is 0 Å². The van der Waals surface area contributed by atoms with Crippen molar-refractivity contribution in [3.63, 3.8) is 0 Å². The molecule has 2 nitrogen and oxygen atoms in total. The van der Waals surface area contributed by atoms with Gasteiger partial charge >= 0.3 is 0 Å². The van der Waals surface area contributed by atoms with Gasteiger partial charge in [0.1, 0.15) is 0 Å². The lowest BCUT2D eigenvalue weighted by atomic mass is 9.81. The second-order valence-electron chi connectivity index (χ2n) is 4.80. The van der Waals surface area contributed by atoms with Crippen molar-refractivity contribution in [2.75, 3.05) is 0 Å². The highest BCUT2D eigenvalue weighted by Crippen LogP contribution is 2.29. The maximum atomic E-state index is 9.52. The van der Waals surface area contributed by atoms with Crippen molar-refractivity contribution >= 4 is 0 Å². The van der Waals surface area contributed by atoms with Crippen LogP contribution in [0.25, 0.3) is 0 Å².